The standard InChI is InChI=1S/C19H28N4O4/c1-14(2)13-23-18(26)22(11-12-27-3)17(25)19(23)6-9-21(10-7-19)16(24)15-5-4-8-20-15/h4-5,8,14,20H,6-7,9-13H2,1-3H3. The van der Waals surface area contributed by atoms with Gasteiger partial charge in [-0.25, -0.2) is 4.79 Å². The number of hydrogen-bond acceptors (Lipinski definition) is 4. The number of likely N-dealkylation sites (tertiary alicyclic amines) is 1. The summed E-state index contributed by atoms with van der Waals surface area (Å²) in [5, 5.41) is 0. The van der Waals surface area contributed by atoms with E-state index < -0.39 is 5.54 Å². The lowest BCUT2D eigenvalue weighted by Gasteiger charge is -2.42. The normalized spacial score (nSPS) is 19.6. The first-order valence-corrected chi connectivity index (χ1v) is 9.46. The molecule has 1 N–H and O–H groups in total. The molecule has 3 heterocycles. The summed E-state index contributed by atoms with van der Waals surface area (Å²) in [4.78, 5) is 46.4. The van der Waals surface area contributed by atoms with Crippen LogP contribution in [0.1, 0.15) is 37.2 Å². The first kappa shape index (κ1) is 19.4. The second-order valence-electron chi connectivity index (χ2n) is 7.64. The Morgan fingerprint density at radius 3 is 2.56 bits per heavy atom. The topological polar surface area (TPSA) is 85.9 Å². The molecule has 2 aliphatic heterocycles. The Hall–Kier alpha value is -2.35. The Morgan fingerprint density at radius 1 is 1.30 bits per heavy atom. The molecule has 3 rings (SSSR count). The van der Waals surface area contributed by atoms with E-state index >= 15 is 0 Å². The number of ether oxygens (including phenoxy) is 1. The third kappa shape index (κ3) is 3.45. The van der Waals surface area contributed by atoms with Crippen molar-refractivity contribution in [3.8, 4) is 0 Å². The van der Waals surface area contributed by atoms with E-state index in [1.54, 1.807) is 35.2 Å². The summed E-state index contributed by atoms with van der Waals surface area (Å²) in [5.74, 6) is 0.0232. The summed E-state index contributed by atoms with van der Waals surface area (Å²) < 4.78 is 5.06. The molecule has 2 fully saturated rings. The number of piperidine rings is 1. The largest absolute Gasteiger partial charge is 0.383 e. The zero-order valence-corrected chi connectivity index (χ0v) is 16.2. The predicted octanol–water partition coefficient (Wildman–Crippen LogP) is 1.56. The van der Waals surface area contributed by atoms with Crippen molar-refractivity contribution in [2.24, 2.45) is 5.92 Å². The highest BCUT2D eigenvalue weighted by atomic mass is 16.5. The van der Waals surface area contributed by atoms with Gasteiger partial charge in [-0.15, -0.1) is 0 Å². The molecule has 8 heteroatoms. The number of carbonyl (C=O) groups is 3. The molecule has 2 aliphatic rings. The van der Waals surface area contributed by atoms with E-state index in [2.05, 4.69) is 4.98 Å². The second kappa shape index (κ2) is 7.72. The van der Waals surface area contributed by atoms with Gasteiger partial charge in [0.2, 0.25) is 0 Å². The van der Waals surface area contributed by atoms with Crippen molar-refractivity contribution in [2.75, 3.05) is 39.9 Å². The van der Waals surface area contributed by atoms with Crippen LogP contribution in [0, 0.1) is 5.92 Å². The minimum Gasteiger partial charge on any atom is -0.383 e. The Balaban J connectivity index is 1.78. The Kier molecular flexibility index (Phi) is 5.55. The highest BCUT2D eigenvalue weighted by Gasteiger charge is 2.58. The van der Waals surface area contributed by atoms with Crippen LogP contribution in [0.2, 0.25) is 0 Å². The van der Waals surface area contributed by atoms with E-state index in [-0.39, 0.29) is 30.3 Å². The molecule has 0 aliphatic carbocycles. The van der Waals surface area contributed by atoms with Crippen molar-refractivity contribution in [3.63, 3.8) is 0 Å². The van der Waals surface area contributed by atoms with Gasteiger partial charge in [0.05, 0.1) is 13.2 Å². The molecule has 4 amide bonds. The summed E-state index contributed by atoms with van der Waals surface area (Å²) in [6, 6.07) is 3.29. The van der Waals surface area contributed by atoms with Crippen LogP contribution in [0.4, 0.5) is 4.79 Å². The fourth-order valence-electron chi connectivity index (χ4n) is 3.98. The second-order valence-corrected chi connectivity index (χ2v) is 7.64. The van der Waals surface area contributed by atoms with Crippen LogP contribution < -0.4 is 0 Å². The number of imide groups is 1. The Bertz CT molecular complexity index is 693. The van der Waals surface area contributed by atoms with Crippen LogP contribution in [0.3, 0.4) is 0 Å². The molecule has 148 valence electrons. The molecule has 0 atom stereocenters. The maximum Gasteiger partial charge on any atom is 0.327 e. The number of nitrogens with zero attached hydrogens (tertiary/aromatic N) is 3. The number of amides is 4. The van der Waals surface area contributed by atoms with Crippen molar-refractivity contribution >= 4 is 17.8 Å². The van der Waals surface area contributed by atoms with Gasteiger partial charge in [-0.05, 0) is 30.9 Å². The van der Waals surface area contributed by atoms with Crippen molar-refractivity contribution in [1.29, 1.82) is 0 Å². The van der Waals surface area contributed by atoms with Gasteiger partial charge in [0.15, 0.2) is 0 Å². The van der Waals surface area contributed by atoms with Gasteiger partial charge < -0.3 is 19.5 Å². The third-order valence-corrected chi connectivity index (χ3v) is 5.39. The lowest BCUT2D eigenvalue weighted by Crippen LogP contribution is -2.58. The van der Waals surface area contributed by atoms with Gasteiger partial charge in [0, 0.05) is 32.9 Å². The summed E-state index contributed by atoms with van der Waals surface area (Å²) >= 11 is 0. The number of hydrogen-bond donors (Lipinski definition) is 1. The molecule has 1 spiro atoms. The maximum atomic E-state index is 13.2. The lowest BCUT2D eigenvalue weighted by molar-refractivity contribution is -0.135. The fraction of sp³-hybridized carbons (Fsp3) is 0.632. The average molecular weight is 376 g/mol. The first-order valence-electron chi connectivity index (χ1n) is 9.46. The summed E-state index contributed by atoms with van der Waals surface area (Å²) in [6.07, 6.45) is 2.64. The Labute approximate surface area is 159 Å². The number of aromatic nitrogens is 1. The molecule has 0 radical (unpaired) electrons. The molecule has 0 aromatic carbocycles. The SMILES string of the molecule is COCCN1C(=O)N(CC(C)C)C2(CCN(C(=O)c3ccc[nH]3)CC2)C1=O. The molecular weight excluding hydrogens is 348 g/mol. The number of urea groups is 1. The van der Waals surface area contributed by atoms with Crippen LogP contribution >= 0.6 is 0 Å². The van der Waals surface area contributed by atoms with E-state index in [0.717, 1.165) is 0 Å². The van der Waals surface area contributed by atoms with E-state index in [4.69, 9.17) is 4.74 Å². The van der Waals surface area contributed by atoms with E-state index in [9.17, 15) is 14.4 Å². The van der Waals surface area contributed by atoms with Crippen LogP contribution in [0.5, 0.6) is 0 Å². The molecule has 27 heavy (non-hydrogen) atoms. The molecule has 0 saturated carbocycles. The zero-order chi connectivity index (χ0) is 19.6. The highest BCUT2D eigenvalue weighted by molar-refractivity contribution is 6.07. The van der Waals surface area contributed by atoms with Gasteiger partial charge in [0.25, 0.3) is 11.8 Å². The highest BCUT2D eigenvalue weighted by Crippen LogP contribution is 2.38. The van der Waals surface area contributed by atoms with Gasteiger partial charge in [-0.2, -0.15) is 0 Å². The summed E-state index contributed by atoms with van der Waals surface area (Å²) in [7, 11) is 1.55. The molecule has 8 nitrogen and oxygen atoms in total. The molecule has 2 saturated heterocycles. The summed E-state index contributed by atoms with van der Waals surface area (Å²) in [5.41, 5.74) is -0.303. The van der Waals surface area contributed by atoms with Crippen LogP contribution in [-0.4, -0.2) is 83.0 Å². The molecular formula is C19H28N4O4. The van der Waals surface area contributed by atoms with Crippen molar-refractivity contribution in [3.05, 3.63) is 24.0 Å². The van der Waals surface area contributed by atoms with Crippen LogP contribution in [0.25, 0.3) is 0 Å². The van der Waals surface area contributed by atoms with Crippen molar-refractivity contribution in [2.45, 2.75) is 32.2 Å². The molecule has 1 aromatic rings. The van der Waals surface area contributed by atoms with E-state index in [0.29, 0.717) is 44.8 Å². The molecule has 0 bridgehead atoms. The van der Waals surface area contributed by atoms with E-state index in [1.165, 1.54) is 4.90 Å². The zero-order valence-electron chi connectivity index (χ0n) is 16.2. The fourth-order valence-corrected chi connectivity index (χ4v) is 3.98. The quantitative estimate of drug-likeness (QED) is 0.764. The van der Waals surface area contributed by atoms with Crippen molar-refractivity contribution in [1.82, 2.24) is 19.7 Å². The van der Waals surface area contributed by atoms with Crippen LogP contribution in [-0.2, 0) is 9.53 Å². The first-order chi connectivity index (χ1) is 12.9. The lowest BCUT2D eigenvalue weighted by atomic mass is 9.85. The average Bonchev–Trinajstić information content (AvgIpc) is 3.25. The number of rotatable bonds is 6. The number of nitrogens with one attached hydrogen (secondary N) is 1. The van der Waals surface area contributed by atoms with E-state index in [1.807, 2.05) is 13.8 Å². The van der Waals surface area contributed by atoms with Gasteiger partial charge in [-0.1, -0.05) is 13.8 Å². The van der Waals surface area contributed by atoms with Gasteiger partial charge >= 0.3 is 6.03 Å². The number of carbonyl (C=O) groups excluding carboxylic acids is 3. The van der Waals surface area contributed by atoms with Gasteiger partial charge in [0.1, 0.15) is 11.2 Å². The van der Waals surface area contributed by atoms with Crippen molar-refractivity contribution < 1.29 is 19.1 Å². The Morgan fingerprint density at radius 2 is 2.00 bits per heavy atom. The minimum absolute atomic E-state index is 0.0710. The van der Waals surface area contributed by atoms with Gasteiger partial charge in [-0.3, -0.25) is 14.5 Å². The monoisotopic (exact) mass is 376 g/mol. The molecule has 1 aromatic heterocycles. The molecule has 0 unspecified atom stereocenters. The number of methoxy groups -OCH3 is 1. The summed E-state index contributed by atoms with van der Waals surface area (Å²) in [6.45, 7) is 6.07. The minimum atomic E-state index is -0.846. The number of H-pyrrole nitrogens is 1. The number of aromatic amines is 1. The predicted molar refractivity (Wildman–Crippen MR) is 99.2 cm³/mol. The maximum absolute atomic E-state index is 13.2. The third-order valence-electron chi connectivity index (χ3n) is 5.39. The smallest absolute Gasteiger partial charge is 0.327 e. The van der Waals surface area contributed by atoms with Crippen LogP contribution in [0.15, 0.2) is 18.3 Å².